The lowest BCUT2D eigenvalue weighted by atomic mass is 10.3. The second-order valence-electron chi connectivity index (χ2n) is 7.14. The zero-order chi connectivity index (χ0) is 21.7. The van der Waals surface area contributed by atoms with Gasteiger partial charge in [0.05, 0.1) is 30.1 Å². The number of methoxy groups -OCH3 is 2. The van der Waals surface area contributed by atoms with Crippen LogP contribution in [0, 0.1) is 0 Å². The maximum Gasteiger partial charge on any atom is 0.240 e. The van der Waals surface area contributed by atoms with Gasteiger partial charge in [0.15, 0.2) is 11.5 Å². The Morgan fingerprint density at radius 1 is 1.07 bits per heavy atom. The molecule has 3 rings (SSSR count). The first-order valence-corrected chi connectivity index (χ1v) is 11.1. The molecule has 8 nitrogen and oxygen atoms in total. The van der Waals surface area contributed by atoms with Gasteiger partial charge < -0.3 is 18.9 Å². The number of rotatable bonds is 10. The van der Waals surface area contributed by atoms with Gasteiger partial charge in [0, 0.05) is 32.1 Å². The van der Waals surface area contributed by atoms with Gasteiger partial charge in [0.1, 0.15) is 5.82 Å². The van der Waals surface area contributed by atoms with Crippen molar-refractivity contribution in [3.63, 3.8) is 0 Å². The molecule has 0 fully saturated rings. The normalized spacial score (nSPS) is 11.9. The smallest absolute Gasteiger partial charge is 0.240 e. The predicted octanol–water partition coefficient (Wildman–Crippen LogP) is 2.14. The fourth-order valence-electron chi connectivity index (χ4n) is 3.23. The number of hydrogen-bond donors (Lipinski definition) is 1. The molecule has 1 aromatic heterocycles. The van der Waals surface area contributed by atoms with Gasteiger partial charge in [-0.05, 0) is 38.4 Å². The van der Waals surface area contributed by atoms with E-state index in [1.54, 1.807) is 6.07 Å². The van der Waals surface area contributed by atoms with E-state index in [1.165, 1.54) is 26.4 Å². The van der Waals surface area contributed by atoms with Gasteiger partial charge in [0.2, 0.25) is 10.0 Å². The molecule has 0 radical (unpaired) electrons. The van der Waals surface area contributed by atoms with E-state index in [0.717, 1.165) is 29.9 Å². The fraction of sp³-hybridized carbons (Fsp3) is 0.381. The summed E-state index contributed by atoms with van der Waals surface area (Å²) in [4.78, 5) is 6.94. The highest BCUT2D eigenvalue weighted by Gasteiger charge is 2.18. The van der Waals surface area contributed by atoms with Crippen molar-refractivity contribution >= 4 is 21.1 Å². The van der Waals surface area contributed by atoms with Crippen molar-refractivity contribution in [3.8, 4) is 11.5 Å². The maximum atomic E-state index is 12.7. The van der Waals surface area contributed by atoms with Crippen molar-refractivity contribution in [1.82, 2.24) is 19.2 Å². The highest BCUT2D eigenvalue weighted by Crippen LogP contribution is 2.29. The van der Waals surface area contributed by atoms with Crippen molar-refractivity contribution in [1.29, 1.82) is 0 Å². The van der Waals surface area contributed by atoms with E-state index in [1.807, 2.05) is 38.4 Å². The Hall–Kier alpha value is -2.62. The second-order valence-corrected chi connectivity index (χ2v) is 8.90. The third-order valence-corrected chi connectivity index (χ3v) is 6.27. The lowest BCUT2D eigenvalue weighted by Crippen LogP contribution is -2.27. The molecule has 0 atom stereocenters. The van der Waals surface area contributed by atoms with Crippen molar-refractivity contribution in [2.24, 2.45) is 0 Å². The Labute approximate surface area is 177 Å². The number of nitrogens with zero attached hydrogens (tertiary/aromatic N) is 3. The number of aromatic nitrogens is 2. The molecule has 30 heavy (non-hydrogen) atoms. The number of para-hydroxylation sites is 2. The molecule has 1 heterocycles. The molecular weight excluding hydrogens is 404 g/mol. The van der Waals surface area contributed by atoms with Gasteiger partial charge in [0.25, 0.3) is 0 Å². The number of sulfonamides is 1. The summed E-state index contributed by atoms with van der Waals surface area (Å²) >= 11 is 0. The van der Waals surface area contributed by atoms with Crippen LogP contribution in [0.2, 0.25) is 0 Å². The van der Waals surface area contributed by atoms with Crippen molar-refractivity contribution in [2.45, 2.75) is 17.9 Å². The molecule has 3 aromatic rings. The zero-order valence-corrected chi connectivity index (χ0v) is 18.6. The summed E-state index contributed by atoms with van der Waals surface area (Å²) in [5.41, 5.74) is 1.96. The van der Waals surface area contributed by atoms with Crippen LogP contribution in [0.4, 0.5) is 0 Å². The molecule has 2 aromatic carbocycles. The number of fused-ring (bicyclic) bond motifs is 1. The van der Waals surface area contributed by atoms with Crippen molar-refractivity contribution in [2.75, 3.05) is 41.4 Å². The van der Waals surface area contributed by atoms with Crippen LogP contribution in [-0.2, 0) is 23.0 Å². The van der Waals surface area contributed by atoms with E-state index >= 15 is 0 Å². The summed E-state index contributed by atoms with van der Waals surface area (Å²) in [6.45, 7) is 1.89. The minimum absolute atomic E-state index is 0.126. The van der Waals surface area contributed by atoms with Crippen LogP contribution in [0.1, 0.15) is 5.82 Å². The van der Waals surface area contributed by atoms with Crippen LogP contribution in [0.5, 0.6) is 11.5 Å². The molecule has 0 unspecified atom stereocenters. The molecule has 0 spiro atoms. The number of nitrogens with one attached hydrogen (secondary N) is 1. The maximum absolute atomic E-state index is 12.7. The van der Waals surface area contributed by atoms with Gasteiger partial charge in [-0.15, -0.1) is 0 Å². The molecule has 0 bridgehead atoms. The minimum atomic E-state index is -3.69. The topological polar surface area (TPSA) is 85.7 Å². The average molecular weight is 433 g/mol. The third-order valence-electron chi connectivity index (χ3n) is 4.81. The van der Waals surface area contributed by atoms with Crippen LogP contribution in [0.3, 0.4) is 0 Å². The second kappa shape index (κ2) is 9.46. The number of hydrogen-bond acceptors (Lipinski definition) is 6. The van der Waals surface area contributed by atoms with Crippen LogP contribution < -0.4 is 14.2 Å². The Kier molecular flexibility index (Phi) is 6.96. The van der Waals surface area contributed by atoms with Crippen LogP contribution >= 0.6 is 0 Å². The summed E-state index contributed by atoms with van der Waals surface area (Å²) in [6, 6.07) is 12.5. The van der Waals surface area contributed by atoms with Crippen molar-refractivity contribution in [3.05, 3.63) is 48.3 Å². The fourth-order valence-corrected chi connectivity index (χ4v) is 4.28. The quantitative estimate of drug-likeness (QED) is 0.528. The van der Waals surface area contributed by atoms with Gasteiger partial charge in [-0.3, -0.25) is 0 Å². The lowest BCUT2D eigenvalue weighted by Gasteiger charge is -2.14. The summed E-state index contributed by atoms with van der Waals surface area (Å²) in [6.07, 6.45) is 0.481. The molecule has 0 aliphatic heterocycles. The lowest BCUT2D eigenvalue weighted by molar-refractivity contribution is 0.354. The average Bonchev–Trinajstić information content (AvgIpc) is 3.08. The number of likely N-dealkylation sites (N-methyl/N-ethyl adjacent to an activating group) is 1. The van der Waals surface area contributed by atoms with Gasteiger partial charge in [-0.1, -0.05) is 12.1 Å². The molecule has 9 heteroatoms. The highest BCUT2D eigenvalue weighted by atomic mass is 32.2. The van der Waals surface area contributed by atoms with E-state index < -0.39 is 10.0 Å². The van der Waals surface area contributed by atoms with E-state index in [4.69, 9.17) is 14.5 Å². The van der Waals surface area contributed by atoms with Gasteiger partial charge >= 0.3 is 0 Å². The highest BCUT2D eigenvalue weighted by molar-refractivity contribution is 7.89. The number of ether oxygens (including phenoxy) is 2. The summed E-state index contributed by atoms with van der Waals surface area (Å²) in [5.74, 6) is 1.70. The molecule has 0 aliphatic rings. The molecule has 0 aliphatic carbocycles. The monoisotopic (exact) mass is 432 g/mol. The number of benzene rings is 2. The minimum Gasteiger partial charge on any atom is -0.493 e. The standard InChI is InChI=1S/C21H28N4O4S/c1-24(2)13-14-25-18-8-6-5-7-17(18)23-21(25)11-12-22-30(26,27)16-9-10-19(28-3)20(15-16)29-4/h5-10,15,22H,11-14H2,1-4H3. The van der Waals surface area contributed by atoms with E-state index in [9.17, 15) is 8.42 Å². The number of imidazole rings is 1. The predicted molar refractivity (Wildman–Crippen MR) is 117 cm³/mol. The van der Waals surface area contributed by atoms with Gasteiger partial charge in [-0.2, -0.15) is 0 Å². The third kappa shape index (κ3) is 4.92. The Morgan fingerprint density at radius 3 is 2.50 bits per heavy atom. The van der Waals surface area contributed by atoms with Crippen molar-refractivity contribution < 1.29 is 17.9 Å². The molecular formula is C21H28N4O4S. The first-order chi connectivity index (χ1) is 14.4. The van der Waals surface area contributed by atoms with E-state index in [-0.39, 0.29) is 11.4 Å². The van der Waals surface area contributed by atoms with Crippen LogP contribution in [0.25, 0.3) is 11.0 Å². The van der Waals surface area contributed by atoms with E-state index in [0.29, 0.717) is 17.9 Å². The van der Waals surface area contributed by atoms with Gasteiger partial charge in [-0.25, -0.2) is 18.1 Å². The SMILES string of the molecule is COc1ccc(S(=O)(=O)NCCc2nc3ccccc3n2CCN(C)C)cc1OC. The first-order valence-electron chi connectivity index (χ1n) is 9.66. The molecule has 0 amide bonds. The summed E-state index contributed by atoms with van der Waals surface area (Å²) in [5, 5.41) is 0. The van der Waals surface area contributed by atoms with E-state index in [2.05, 4.69) is 14.2 Å². The summed E-state index contributed by atoms with van der Waals surface area (Å²) in [7, 11) is 3.34. The molecule has 162 valence electrons. The Balaban J connectivity index is 1.75. The molecule has 0 saturated carbocycles. The summed E-state index contributed by atoms with van der Waals surface area (Å²) < 4.78 is 40.6. The Bertz CT molecular complexity index is 1110. The van der Waals surface area contributed by atoms with Crippen LogP contribution in [0.15, 0.2) is 47.4 Å². The first kappa shape index (κ1) is 22.1. The molecule has 0 saturated heterocycles. The largest absolute Gasteiger partial charge is 0.493 e. The van der Waals surface area contributed by atoms with Crippen LogP contribution in [-0.4, -0.2) is 64.3 Å². The Morgan fingerprint density at radius 2 is 1.80 bits per heavy atom. The zero-order valence-electron chi connectivity index (χ0n) is 17.8. The molecule has 1 N–H and O–H groups in total.